The maximum Gasteiger partial charge on any atom is 0.275 e. The minimum atomic E-state index is -0.265. The van der Waals surface area contributed by atoms with Crippen LogP contribution >= 0.6 is 11.6 Å². The van der Waals surface area contributed by atoms with Gasteiger partial charge >= 0.3 is 0 Å². The van der Waals surface area contributed by atoms with Gasteiger partial charge in [-0.25, -0.2) is 4.68 Å². The fourth-order valence-electron chi connectivity index (χ4n) is 2.01. The van der Waals surface area contributed by atoms with E-state index < -0.39 is 0 Å². The van der Waals surface area contributed by atoms with Crippen LogP contribution in [-0.2, 0) is 6.54 Å². The van der Waals surface area contributed by atoms with Crippen LogP contribution in [0.15, 0.2) is 60.9 Å². The highest BCUT2D eigenvalue weighted by Gasteiger charge is 2.10. The molecule has 3 aromatic rings. The topological polar surface area (TPSA) is 59.8 Å². The number of hydrogen-bond donors (Lipinski definition) is 1. The summed E-state index contributed by atoms with van der Waals surface area (Å²) in [4.78, 5) is 16.2. The molecule has 110 valence electrons. The number of rotatable bonds is 4. The van der Waals surface area contributed by atoms with Gasteiger partial charge in [0.25, 0.3) is 5.91 Å². The number of benzene rings is 1. The zero-order chi connectivity index (χ0) is 15.4. The molecule has 0 atom stereocenters. The Hall–Kier alpha value is -2.66. The summed E-state index contributed by atoms with van der Waals surface area (Å²) in [6.07, 6.45) is 3.23. The molecule has 1 amide bonds. The van der Waals surface area contributed by atoms with E-state index in [0.29, 0.717) is 23.1 Å². The highest BCUT2D eigenvalue weighted by molar-refractivity contribution is 6.30. The number of hydrogen-bond acceptors (Lipinski definition) is 3. The van der Waals surface area contributed by atoms with E-state index in [4.69, 9.17) is 11.6 Å². The molecule has 2 heterocycles. The van der Waals surface area contributed by atoms with Gasteiger partial charge in [-0.15, -0.1) is 0 Å². The molecule has 5 nitrogen and oxygen atoms in total. The van der Waals surface area contributed by atoms with E-state index >= 15 is 0 Å². The number of nitrogens with one attached hydrogen (secondary N) is 1. The molecular weight excluding hydrogens is 300 g/mol. The number of pyridine rings is 1. The zero-order valence-corrected chi connectivity index (χ0v) is 12.4. The number of carbonyl (C=O) groups is 1. The lowest BCUT2D eigenvalue weighted by atomic mass is 10.2. The van der Waals surface area contributed by atoms with Gasteiger partial charge in [0, 0.05) is 17.3 Å². The van der Waals surface area contributed by atoms with Gasteiger partial charge in [-0.2, -0.15) is 5.10 Å². The molecule has 0 radical (unpaired) electrons. The van der Waals surface area contributed by atoms with Crippen molar-refractivity contribution in [3.05, 3.63) is 77.2 Å². The van der Waals surface area contributed by atoms with Crippen LogP contribution in [0.3, 0.4) is 0 Å². The van der Waals surface area contributed by atoms with E-state index in [1.165, 1.54) is 0 Å². The van der Waals surface area contributed by atoms with E-state index in [-0.39, 0.29) is 5.91 Å². The molecule has 0 spiro atoms. The molecule has 0 fully saturated rings. The predicted molar refractivity (Wildman–Crippen MR) is 85.0 cm³/mol. The molecule has 1 aromatic carbocycles. The molecule has 2 aromatic heterocycles. The van der Waals surface area contributed by atoms with Crippen LogP contribution in [0.4, 0.5) is 5.82 Å². The van der Waals surface area contributed by atoms with Gasteiger partial charge in [-0.1, -0.05) is 29.8 Å². The van der Waals surface area contributed by atoms with Crippen LogP contribution in [0.25, 0.3) is 0 Å². The molecule has 22 heavy (non-hydrogen) atoms. The summed E-state index contributed by atoms with van der Waals surface area (Å²) >= 11 is 5.88. The number of anilines is 1. The SMILES string of the molecule is O=C(Nc1ccnn1Cc1ccc(Cl)cc1)c1ccccn1. The summed E-state index contributed by atoms with van der Waals surface area (Å²) in [7, 11) is 0. The van der Waals surface area contributed by atoms with Gasteiger partial charge in [-0.05, 0) is 29.8 Å². The molecule has 6 heteroatoms. The molecule has 1 N–H and O–H groups in total. The number of halogens is 1. The Labute approximate surface area is 132 Å². The second-order valence-corrected chi connectivity index (χ2v) is 5.11. The first-order valence-electron chi connectivity index (χ1n) is 6.71. The van der Waals surface area contributed by atoms with Crippen molar-refractivity contribution in [2.75, 3.05) is 5.32 Å². The van der Waals surface area contributed by atoms with Gasteiger partial charge in [0.1, 0.15) is 11.5 Å². The van der Waals surface area contributed by atoms with Crippen LogP contribution in [0.2, 0.25) is 5.02 Å². The highest BCUT2D eigenvalue weighted by Crippen LogP contribution is 2.14. The van der Waals surface area contributed by atoms with Gasteiger partial charge in [-0.3, -0.25) is 9.78 Å². The lowest BCUT2D eigenvalue weighted by Gasteiger charge is -2.09. The number of aromatic nitrogens is 3. The minimum absolute atomic E-state index is 0.265. The molecule has 0 saturated heterocycles. The maximum atomic E-state index is 12.1. The average Bonchev–Trinajstić information content (AvgIpc) is 2.97. The number of amides is 1. The van der Waals surface area contributed by atoms with Crippen molar-refractivity contribution in [1.29, 1.82) is 0 Å². The lowest BCUT2D eigenvalue weighted by Crippen LogP contribution is -2.17. The van der Waals surface area contributed by atoms with Crippen molar-refractivity contribution in [2.45, 2.75) is 6.54 Å². The molecular formula is C16H13ClN4O. The van der Waals surface area contributed by atoms with Crippen molar-refractivity contribution >= 4 is 23.3 Å². The van der Waals surface area contributed by atoms with Crippen molar-refractivity contribution in [1.82, 2.24) is 14.8 Å². The van der Waals surface area contributed by atoms with Gasteiger partial charge in [0.15, 0.2) is 0 Å². The lowest BCUT2D eigenvalue weighted by molar-refractivity contribution is 0.102. The first-order chi connectivity index (χ1) is 10.7. The summed E-state index contributed by atoms with van der Waals surface area (Å²) in [5, 5.41) is 7.73. The van der Waals surface area contributed by atoms with Gasteiger partial charge in [0.2, 0.25) is 0 Å². The van der Waals surface area contributed by atoms with E-state index in [1.54, 1.807) is 41.3 Å². The molecule has 0 saturated carbocycles. The van der Waals surface area contributed by atoms with Crippen molar-refractivity contribution in [3.8, 4) is 0 Å². The van der Waals surface area contributed by atoms with Crippen LogP contribution in [0.5, 0.6) is 0 Å². The van der Waals surface area contributed by atoms with E-state index in [2.05, 4.69) is 15.4 Å². The summed E-state index contributed by atoms with van der Waals surface area (Å²) in [6, 6.07) is 14.4. The van der Waals surface area contributed by atoms with Crippen molar-refractivity contribution in [2.24, 2.45) is 0 Å². The summed E-state index contributed by atoms with van der Waals surface area (Å²) in [5.41, 5.74) is 1.41. The summed E-state index contributed by atoms with van der Waals surface area (Å²) in [5.74, 6) is 0.351. The van der Waals surface area contributed by atoms with E-state index in [9.17, 15) is 4.79 Å². The summed E-state index contributed by atoms with van der Waals surface area (Å²) < 4.78 is 1.71. The normalized spacial score (nSPS) is 10.4. The van der Waals surface area contributed by atoms with Crippen molar-refractivity contribution in [3.63, 3.8) is 0 Å². The van der Waals surface area contributed by atoms with Gasteiger partial charge in [0.05, 0.1) is 12.7 Å². The largest absolute Gasteiger partial charge is 0.305 e. The fourth-order valence-corrected chi connectivity index (χ4v) is 2.13. The second kappa shape index (κ2) is 6.41. The Morgan fingerprint density at radius 3 is 2.64 bits per heavy atom. The zero-order valence-electron chi connectivity index (χ0n) is 11.6. The second-order valence-electron chi connectivity index (χ2n) is 4.67. The first-order valence-corrected chi connectivity index (χ1v) is 7.09. The third-order valence-corrected chi connectivity index (χ3v) is 3.35. The molecule has 0 unspecified atom stereocenters. The quantitative estimate of drug-likeness (QED) is 0.804. The molecule has 3 rings (SSSR count). The Kier molecular flexibility index (Phi) is 4.16. The van der Waals surface area contributed by atoms with Gasteiger partial charge < -0.3 is 5.32 Å². The fraction of sp³-hybridized carbons (Fsp3) is 0.0625. The number of carbonyl (C=O) groups excluding carboxylic acids is 1. The number of nitrogens with zero attached hydrogens (tertiary/aromatic N) is 3. The maximum absolute atomic E-state index is 12.1. The third-order valence-electron chi connectivity index (χ3n) is 3.10. The Balaban J connectivity index is 1.75. The monoisotopic (exact) mass is 312 g/mol. The van der Waals surface area contributed by atoms with Crippen LogP contribution in [0, 0.1) is 0 Å². The smallest absolute Gasteiger partial charge is 0.275 e. The Morgan fingerprint density at radius 1 is 1.09 bits per heavy atom. The van der Waals surface area contributed by atoms with Crippen LogP contribution in [0.1, 0.15) is 16.1 Å². The summed E-state index contributed by atoms with van der Waals surface area (Å²) in [6.45, 7) is 0.544. The average molecular weight is 313 g/mol. The van der Waals surface area contributed by atoms with Crippen molar-refractivity contribution < 1.29 is 4.79 Å². The standard InChI is InChI=1S/C16H13ClN4O/c17-13-6-4-12(5-7-13)11-21-15(8-10-19-21)20-16(22)14-3-1-2-9-18-14/h1-10H,11H2,(H,20,22). The highest BCUT2D eigenvalue weighted by atomic mass is 35.5. The van der Waals surface area contributed by atoms with Crippen LogP contribution in [-0.4, -0.2) is 20.7 Å². The molecule has 0 aliphatic carbocycles. The molecule has 0 aliphatic rings. The predicted octanol–water partition coefficient (Wildman–Crippen LogP) is 3.23. The Bertz CT molecular complexity index is 768. The first kappa shape index (κ1) is 14.3. The van der Waals surface area contributed by atoms with E-state index in [1.807, 2.05) is 24.3 Å². The Morgan fingerprint density at radius 2 is 1.91 bits per heavy atom. The van der Waals surface area contributed by atoms with E-state index in [0.717, 1.165) is 5.56 Å². The van der Waals surface area contributed by atoms with Crippen LogP contribution < -0.4 is 5.32 Å². The third kappa shape index (κ3) is 3.32. The minimum Gasteiger partial charge on any atom is -0.305 e. The molecule has 0 aliphatic heterocycles. The molecule has 0 bridgehead atoms.